The molecule has 1 aromatic carbocycles. The van der Waals surface area contributed by atoms with Crippen LogP contribution >= 0.6 is 11.8 Å². The van der Waals surface area contributed by atoms with Crippen LogP contribution in [0.15, 0.2) is 23.7 Å². The quantitative estimate of drug-likeness (QED) is 0.412. The average molecular weight is 425 g/mol. The lowest BCUT2D eigenvalue weighted by molar-refractivity contribution is -0.124. The monoisotopic (exact) mass is 424 g/mol. The summed E-state index contributed by atoms with van der Waals surface area (Å²) in [6.07, 6.45) is 1.61. The Morgan fingerprint density at radius 3 is 2.28 bits per heavy atom. The molecule has 0 aliphatic carbocycles. The number of hydrogen-bond donors (Lipinski definition) is 4. The van der Waals surface area contributed by atoms with Gasteiger partial charge in [-0.05, 0) is 5.41 Å². The lowest BCUT2D eigenvalue weighted by Crippen LogP contribution is -2.62. The Hall–Kier alpha value is -2.59. The van der Waals surface area contributed by atoms with E-state index >= 15 is 0 Å². The molecule has 1 unspecified atom stereocenters. The Kier molecular flexibility index (Phi) is 8.03. The number of carbonyl (C=O) groups is 2. The number of benzene rings is 1. The summed E-state index contributed by atoms with van der Waals surface area (Å²) in [5.41, 5.74) is 0.216. The second-order valence-electron chi connectivity index (χ2n) is 6.47. The molecule has 1 aromatic rings. The first-order valence-electron chi connectivity index (χ1n) is 9.11. The number of ether oxygens (including phenoxy) is 3. The van der Waals surface area contributed by atoms with Crippen molar-refractivity contribution < 1.29 is 23.8 Å². The Bertz CT molecular complexity index is 761. The zero-order chi connectivity index (χ0) is 21.4. The maximum absolute atomic E-state index is 13.0. The van der Waals surface area contributed by atoms with E-state index in [-0.39, 0.29) is 11.5 Å². The molecule has 1 aliphatic heterocycles. The van der Waals surface area contributed by atoms with Gasteiger partial charge in [0.15, 0.2) is 11.5 Å². The topological polar surface area (TPSA) is 110 Å². The summed E-state index contributed by atoms with van der Waals surface area (Å²) in [7, 11) is 4.42. The van der Waals surface area contributed by atoms with E-state index in [2.05, 4.69) is 21.3 Å². The maximum Gasteiger partial charge on any atom is 0.278 e. The van der Waals surface area contributed by atoms with E-state index in [1.807, 2.05) is 13.8 Å². The second-order valence-corrected chi connectivity index (χ2v) is 7.59. The fourth-order valence-corrected chi connectivity index (χ4v) is 3.47. The minimum atomic E-state index is -1.35. The molecular formula is C19H28N4O5S. The largest absolute Gasteiger partial charge is 0.496 e. The fourth-order valence-electron chi connectivity index (χ4n) is 2.66. The minimum Gasteiger partial charge on any atom is -0.496 e. The highest BCUT2D eigenvalue weighted by molar-refractivity contribution is 8.04. The number of nitrogens with one attached hydrogen (secondary N) is 4. The highest BCUT2D eigenvalue weighted by atomic mass is 32.2. The van der Waals surface area contributed by atoms with Gasteiger partial charge in [-0.3, -0.25) is 9.59 Å². The molecule has 29 heavy (non-hydrogen) atoms. The third-order valence-corrected chi connectivity index (χ3v) is 5.15. The molecule has 0 bridgehead atoms. The van der Waals surface area contributed by atoms with Gasteiger partial charge in [0.2, 0.25) is 4.99 Å². The Labute approximate surface area is 174 Å². The van der Waals surface area contributed by atoms with Gasteiger partial charge in [0.05, 0.1) is 26.9 Å². The van der Waals surface area contributed by atoms with Crippen molar-refractivity contribution in [3.8, 4) is 17.2 Å². The molecule has 1 aliphatic rings. The fraction of sp³-hybridized carbons (Fsp3) is 0.474. The number of rotatable bonds is 10. The van der Waals surface area contributed by atoms with E-state index in [9.17, 15) is 9.59 Å². The van der Waals surface area contributed by atoms with Crippen LogP contribution in [0.4, 0.5) is 0 Å². The van der Waals surface area contributed by atoms with Gasteiger partial charge in [-0.15, -0.1) is 0 Å². The molecule has 2 amide bonds. The summed E-state index contributed by atoms with van der Waals surface area (Å²) < 4.78 is 15.8. The van der Waals surface area contributed by atoms with Crippen molar-refractivity contribution in [2.24, 2.45) is 0 Å². The van der Waals surface area contributed by atoms with Crippen molar-refractivity contribution in [1.29, 1.82) is 0 Å². The number of thioether (sulfide) groups is 1. The third kappa shape index (κ3) is 5.48. The predicted molar refractivity (Wildman–Crippen MR) is 112 cm³/mol. The van der Waals surface area contributed by atoms with Gasteiger partial charge < -0.3 is 35.5 Å². The first-order chi connectivity index (χ1) is 13.9. The van der Waals surface area contributed by atoms with Crippen LogP contribution in [0.2, 0.25) is 0 Å². The highest BCUT2D eigenvalue weighted by Crippen LogP contribution is 2.35. The molecule has 9 nitrogen and oxygen atoms in total. The van der Waals surface area contributed by atoms with Gasteiger partial charge >= 0.3 is 0 Å². The average Bonchev–Trinajstić information content (AvgIpc) is 3.19. The number of amides is 2. The van der Waals surface area contributed by atoms with E-state index in [0.717, 1.165) is 11.8 Å². The van der Waals surface area contributed by atoms with Crippen molar-refractivity contribution in [3.05, 3.63) is 29.3 Å². The molecule has 1 heterocycles. The van der Waals surface area contributed by atoms with Gasteiger partial charge in [0.1, 0.15) is 5.75 Å². The number of carbonyl (C=O) groups excluding carboxylic acids is 2. The van der Waals surface area contributed by atoms with Gasteiger partial charge in [-0.25, -0.2) is 0 Å². The smallest absolute Gasteiger partial charge is 0.278 e. The second kappa shape index (κ2) is 10.3. The summed E-state index contributed by atoms with van der Waals surface area (Å²) in [5.74, 6) is 0.253. The molecule has 0 saturated carbocycles. The molecule has 0 spiro atoms. The van der Waals surface area contributed by atoms with E-state index in [1.54, 1.807) is 17.7 Å². The summed E-state index contributed by atoms with van der Waals surface area (Å²) in [4.78, 5) is 24.5. The van der Waals surface area contributed by atoms with E-state index in [1.165, 1.54) is 27.4 Å². The normalized spacial score (nSPS) is 17.6. The lowest BCUT2D eigenvalue weighted by Gasteiger charge is -2.29. The standard InChI is InChI=1S/C19H28N4O5S/c1-12(2)20-6-7-21-18(25)19(22-8-9-29-19)23-17(24)13-10-15(27-4)16(28-5)11-14(13)26-3/h8-12,20,22H,6-7H2,1-5H3,(H,21,25)(H,23,24). The lowest BCUT2D eigenvalue weighted by atomic mass is 10.1. The molecule has 2 rings (SSSR count). The number of methoxy groups -OCH3 is 3. The highest BCUT2D eigenvalue weighted by Gasteiger charge is 2.42. The Morgan fingerprint density at radius 2 is 1.72 bits per heavy atom. The Balaban J connectivity index is 2.18. The molecule has 0 fully saturated rings. The van der Waals surface area contributed by atoms with Crippen molar-refractivity contribution in [2.45, 2.75) is 24.9 Å². The minimum absolute atomic E-state index is 0.216. The van der Waals surface area contributed by atoms with Crippen molar-refractivity contribution in [1.82, 2.24) is 21.3 Å². The number of hydrogen-bond acceptors (Lipinski definition) is 8. The molecular weight excluding hydrogens is 396 g/mol. The predicted octanol–water partition coefficient (Wildman–Crippen LogP) is 1.02. The first-order valence-corrected chi connectivity index (χ1v) is 9.99. The van der Waals surface area contributed by atoms with Crippen LogP contribution in [0.25, 0.3) is 0 Å². The summed E-state index contributed by atoms with van der Waals surface area (Å²) >= 11 is 1.16. The zero-order valence-electron chi connectivity index (χ0n) is 17.3. The third-order valence-electron chi connectivity index (χ3n) is 4.12. The molecule has 0 radical (unpaired) electrons. The van der Waals surface area contributed by atoms with Crippen LogP contribution in [0.3, 0.4) is 0 Å². The van der Waals surface area contributed by atoms with Crippen LogP contribution in [0.1, 0.15) is 24.2 Å². The first kappa shape index (κ1) is 22.7. The van der Waals surface area contributed by atoms with Crippen LogP contribution < -0.4 is 35.5 Å². The molecule has 1 atom stereocenters. The van der Waals surface area contributed by atoms with E-state index < -0.39 is 10.9 Å². The van der Waals surface area contributed by atoms with Crippen molar-refractivity contribution in [2.75, 3.05) is 34.4 Å². The van der Waals surface area contributed by atoms with Gasteiger partial charge in [-0.2, -0.15) is 0 Å². The van der Waals surface area contributed by atoms with E-state index in [4.69, 9.17) is 14.2 Å². The molecule has 0 aromatic heterocycles. The van der Waals surface area contributed by atoms with Gasteiger partial charge in [0.25, 0.3) is 11.8 Å². The molecule has 4 N–H and O–H groups in total. The molecule has 160 valence electrons. The van der Waals surface area contributed by atoms with E-state index in [0.29, 0.717) is 36.4 Å². The molecule has 10 heteroatoms. The van der Waals surface area contributed by atoms with Gasteiger partial charge in [-0.1, -0.05) is 25.6 Å². The van der Waals surface area contributed by atoms with Gasteiger partial charge in [0, 0.05) is 37.5 Å². The maximum atomic E-state index is 13.0. The van der Waals surface area contributed by atoms with Crippen LogP contribution in [0, 0.1) is 0 Å². The van der Waals surface area contributed by atoms with Crippen LogP contribution in [0.5, 0.6) is 17.2 Å². The zero-order valence-corrected chi connectivity index (χ0v) is 18.1. The van der Waals surface area contributed by atoms with Crippen LogP contribution in [-0.2, 0) is 4.79 Å². The Morgan fingerprint density at radius 1 is 1.07 bits per heavy atom. The summed E-state index contributed by atoms with van der Waals surface area (Å²) in [6.45, 7) is 5.10. The summed E-state index contributed by atoms with van der Waals surface area (Å²) in [6, 6.07) is 3.39. The van der Waals surface area contributed by atoms with Crippen molar-refractivity contribution >= 4 is 23.6 Å². The molecule has 0 saturated heterocycles. The SMILES string of the molecule is COc1cc(OC)c(C(=O)NC2(C(=O)NCCNC(C)C)NC=CS2)cc1OC. The van der Waals surface area contributed by atoms with Crippen LogP contribution in [-0.4, -0.2) is 57.3 Å². The summed E-state index contributed by atoms with van der Waals surface area (Å²) in [5, 5.41) is 13.5. The van der Waals surface area contributed by atoms with Crippen molar-refractivity contribution in [3.63, 3.8) is 0 Å².